The maximum absolute atomic E-state index is 13.7. The highest BCUT2D eigenvalue weighted by atomic mass is 32.2. The Morgan fingerprint density at radius 2 is 1.50 bits per heavy atom. The molecule has 0 aliphatic carbocycles. The number of amides is 1. The van der Waals surface area contributed by atoms with E-state index in [1.54, 1.807) is 24.3 Å². The maximum atomic E-state index is 13.7. The molecule has 3 aromatic rings. The minimum Gasteiger partial charge on any atom is -0.502 e. The Balaban J connectivity index is 1.90. The number of aliphatic hydroxyl groups excluding tert-OH is 1. The van der Waals surface area contributed by atoms with Gasteiger partial charge in [-0.3, -0.25) is 9.69 Å². The summed E-state index contributed by atoms with van der Waals surface area (Å²) < 4.78 is 27.5. The van der Waals surface area contributed by atoms with E-state index in [9.17, 15) is 18.3 Å². The van der Waals surface area contributed by atoms with Gasteiger partial charge in [-0.1, -0.05) is 74.9 Å². The minimum absolute atomic E-state index is 0.0411. The smallest absolute Gasteiger partial charge is 0.295 e. The normalized spacial score (nSPS) is 16.6. The number of hydrogen-bond donors (Lipinski definition) is 1. The number of rotatable bonds is 6. The molecule has 1 aliphatic rings. The van der Waals surface area contributed by atoms with Gasteiger partial charge in [0, 0.05) is 5.69 Å². The van der Waals surface area contributed by atoms with Crippen LogP contribution in [0.15, 0.2) is 88.4 Å². The SMILES string of the molecule is CCc1ccc(N2C(=O)C(O)=C(S(=O)(=O)c3ccc(C)cc3)C2c2ccc(C(C)C)cc2)cc1. The molecule has 0 bridgehead atoms. The third-order valence-corrected chi connectivity index (χ3v) is 8.21. The first-order valence-electron chi connectivity index (χ1n) is 11.4. The molecular weight excluding hydrogens is 446 g/mol. The summed E-state index contributed by atoms with van der Waals surface area (Å²) in [7, 11) is -4.15. The number of benzene rings is 3. The summed E-state index contributed by atoms with van der Waals surface area (Å²) in [6, 6.07) is 20.4. The molecule has 6 heteroatoms. The molecule has 0 fully saturated rings. The molecule has 34 heavy (non-hydrogen) atoms. The highest BCUT2D eigenvalue weighted by Crippen LogP contribution is 2.45. The van der Waals surface area contributed by atoms with E-state index < -0.39 is 27.5 Å². The van der Waals surface area contributed by atoms with Crippen molar-refractivity contribution in [1.82, 2.24) is 0 Å². The molecule has 3 aromatic carbocycles. The molecule has 176 valence electrons. The largest absolute Gasteiger partial charge is 0.502 e. The summed E-state index contributed by atoms with van der Waals surface area (Å²) in [6.07, 6.45) is 0.838. The molecule has 0 saturated heterocycles. The van der Waals surface area contributed by atoms with Gasteiger partial charge in [0.15, 0.2) is 5.76 Å². The van der Waals surface area contributed by atoms with Crippen LogP contribution in [0.3, 0.4) is 0 Å². The standard InChI is InChI=1S/C28H29NO4S/c1-5-20-8-14-23(15-9-20)29-25(22-12-10-21(11-13-22)18(2)3)27(26(30)28(29)31)34(32,33)24-16-6-19(4)7-17-24/h6-18,25,30H,5H2,1-4H3. The second-order valence-electron chi connectivity index (χ2n) is 8.95. The van der Waals surface area contributed by atoms with Crippen LogP contribution in [0, 0.1) is 6.92 Å². The second kappa shape index (κ2) is 9.11. The lowest BCUT2D eigenvalue weighted by Gasteiger charge is -2.27. The average molecular weight is 476 g/mol. The molecule has 1 unspecified atom stereocenters. The van der Waals surface area contributed by atoms with Crippen molar-refractivity contribution in [2.24, 2.45) is 0 Å². The molecule has 1 heterocycles. The molecular formula is C28H29NO4S. The number of aliphatic hydroxyl groups is 1. The van der Waals surface area contributed by atoms with E-state index in [2.05, 4.69) is 13.8 Å². The minimum atomic E-state index is -4.15. The fourth-order valence-electron chi connectivity index (χ4n) is 4.22. The van der Waals surface area contributed by atoms with Gasteiger partial charge in [-0.25, -0.2) is 8.42 Å². The molecule has 0 radical (unpaired) electrons. The third-order valence-electron chi connectivity index (χ3n) is 6.32. The van der Waals surface area contributed by atoms with E-state index in [1.165, 1.54) is 17.0 Å². The molecule has 1 aliphatic heterocycles. The Bertz CT molecular complexity index is 1340. The van der Waals surface area contributed by atoms with E-state index >= 15 is 0 Å². The predicted octanol–water partition coefficient (Wildman–Crippen LogP) is 6.01. The average Bonchev–Trinajstić information content (AvgIpc) is 3.10. The summed E-state index contributed by atoms with van der Waals surface area (Å²) in [5.74, 6) is -1.16. The molecule has 1 amide bonds. The molecule has 1 N–H and O–H groups in total. The van der Waals surface area contributed by atoms with Gasteiger partial charge in [-0.05, 0) is 60.2 Å². The van der Waals surface area contributed by atoms with Gasteiger partial charge in [-0.15, -0.1) is 0 Å². The molecule has 5 nitrogen and oxygen atoms in total. The van der Waals surface area contributed by atoms with Crippen LogP contribution in [0.1, 0.15) is 55.0 Å². The van der Waals surface area contributed by atoms with Crippen LogP contribution < -0.4 is 4.90 Å². The van der Waals surface area contributed by atoms with E-state index in [0.717, 1.165) is 23.1 Å². The van der Waals surface area contributed by atoms with Gasteiger partial charge in [0.25, 0.3) is 5.91 Å². The van der Waals surface area contributed by atoms with Gasteiger partial charge in [0.05, 0.1) is 4.90 Å². The number of carbonyl (C=O) groups is 1. The van der Waals surface area contributed by atoms with Crippen LogP contribution in [-0.2, 0) is 21.1 Å². The molecule has 4 rings (SSSR count). The molecule has 0 spiro atoms. The van der Waals surface area contributed by atoms with Crippen molar-refractivity contribution in [3.63, 3.8) is 0 Å². The van der Waals surface area contributed by atoms with Crippen molar-refractivity contribution in [2.75, 3.05) is 4.90 Å². The Hall–Kier alpha value is -3.38. The van der Waals surface area contributed by atoms with Crippen LogP contribution in [0.4, 0.5) is 5.69 Å². The number of hydrogen-bond acceptors (Lipinski definition) is 4. The highest BCUT2D eigenvalue weighted by molar-refractivity contribution is 7.95. The number of anilines is 1. The van der Waals surface area contributed by atoms with E-state index in [1.807, 2.05) is 50.2 Å². The van der Waals surface area contributed by atoms with Crippen molar-refractivity contribution in [1.29, 1.82) is 0 Å². The van der Waals surface area contributed by atoms with Crippen molar-refractivity contribution in [3.8, 4) is 0 Å². The number of aryl methyl sites for hydroxylation is 2. The molecule has 0 aromatic heterocycles. The summed E-state index contributed by atoms with van der Waals surface area (Å²) in [5.41, 5.74) is 4.26. The van der Waals surface area contributed by atoms with E-state index in [0.29, 0.717) is 17.2 Å². The summed E-state index contributed by atoms with van der Waals surface area (Å²) in [5, 5.41) is 10.9. The summed E-state index contributed by atoms with van der Waals surface area (Å²) in [6.45, 7) is 8.06. The van der Waals surface area contributed by atoms with Gasteiger partial charge in [0.2, 0.25) is 9.84 Å². The van der Waals surface area contributed by atoms with Gasteiger partial charge >= 0.3 is 0 Å². The Labute approximate surface area is 201 Å². The zero-order valence-corrected chi connectivity index (χ0v) is 20.6. The van der Waals surface area contributed by atoms with E-state index in [4.69, 9.17) is 0 Å². The fourth-order valence-corrected chi connectivity index (χ4v) is 5.85. The second-order valence-corrected chi connectivity index (χ2v) is 10.9. The van der Waals surface area contributed by atoms with Gasteiger partial charge < -0.3 is 5.11 Å². The predicted molar refractivity (Wildman–Crippen MR) is 135 cm³/mol. The summed E-state index contributed by atoms with van der Waals surface area (Å²) >= 11 is 0. The fraction of sp³-hybridized carbons (Fsp3) is 0.250. The van der Waals surface area contributed by atoms with Crippen LogP contribution in [0.25, 0.3) is 0 Å². The van der Waals surface area contributed by atoms with Crippen LogP contribution in [-0.4, -0.2) is 19.4 Å². The molecule has 0 saturated carbocycles. The van der Waals surface area contributed by atoms with Gasteiger partial charge in [0.1, 0.15) is 10.9 Å². The van der Waals surface area contributed by atoms with Crippen molar-refractivity contribution < 1.29 is 18.3 Å². The first-order valence-corrected chi connectivity index (χ1v) is 12.9. The Morgan fingerprint density at radius 3 is 2.03 bits per heavy atom. The van der Waals surface area contributed by atoms with Crippen molar-refractivity contribution in [3.05, 3.63) is 106 Å². The van der Waals surface area contributed by atoms with Crippen molar-refractivity contribution >= 4 is 21.4 Å². The zero-order valence-electron chi connectivity index (χ0n) is 19.8. The lowest BCUT2D eigenvalue weighted by atomic mass is 9.98. The maximum Gasteiger partial charge on any atom is 0.295 e. The number of sulfone groups is 1. The van der Waals surface area contributed by atoms with Crippen LogP contribution in [0.2, 0.25) is 0 Å². The third kappa shape index (κ3) is 4.14. The first-order chi connectivity index (χ1) is 16.1. The van der Waals surface area contributed by atoms with Crippen LogP contribution in [0.5, 0.6) is 0 Å². The summed E-state index contributed by atoms with van der Waals surface area (Å²) in [4.78, 5) is 14.4. The van der Waals surface area contributed by atoms with Crippen LogP contribution >= 0.6 is 0 Å². The number of carbonyl (C=O) groups excluding carboxylic acids is 1. The monoisotopic (exact) mass is 475 g/mol. The van der Waals surface area contributed by atoms with Gasteiger partial charge in [-0.2, -0.15) is 0 Å². The highest BCUT2D eigenvalue weighted by Gasteiger charge is 2.47. The van der Waals surface area contributed by atoms with Crippen molar-refractivity contribution in [2.45, 2.75) is 51.0 Å². The Kier molecular flexibility index (Phi) is 6.36. The number of nitrogens with zero attached hydrogens (tertiary/aromatic N) is 1. The lowest BCUT2D eigenvalue weighted by molar-refractivity contribution is -0.117. The Morgan fingerprint density at radius 1 is 0.912 bits per heavy atom. The first kappa shape index (κ1) is 23.8. The molecule has 1 atom stereocenters. The zero-order chi connectivity index (χ0) is 24.6. The lowest BCUT2D eigenvalue weighted by Crippen LogP contribution is -2.31. The van der Waals surface area contributed by atoms with E-state index in [-0.39, 0.29) is 9.80 Å². The topological polar surface area (TPSA) is 74.7 Å². The quantitative estimate of drug-likeness (QED) is 0.474.